The summed E-state index contributed by atoms with van der Waals surface area (Å²) in [6.45, 7) is -0.395. The average Bonchev–Trinajstić information content (AvgIpc) is 3.42. The van der Waals surface area contributed by atoms with Gasteiger partial charge in [-0.2, -0.15) is 18.0 Å². The molecule has 0 atom stereocenters. The van der Waals surface area contributed by atoms with Crippen LogP contribution in [0.25, 0.3) is 17.5 Å². The Hall–Kier alpha value is -3.65. The number of thiocarbonyl (C=S) groups is 1. The standard InChI is InChI=1S/C18H14F3N7O2S2/c19-18(20,21)12-4-1-3-11(9-12)16-24-27-28(26-16)10-15(30)23-25-17(31)22-14(29)7-6-13-5-2-8-32-13/h1-9H,10H2,(H,23,30)(H2,22,25,29,31)/b7-6+. The zero-order valence-electron chi connectivity index (χ0n) is 16.0. The van der Waals surface area contributed by atoms with Crippen LogP contribution in [0.4, 0.5) is 13.2 Å². The molecule has 3 N–H and O–H groups in total. The second-order valence-corrected chi connectivity index (χ2v) is 7.45. The quantitative estimate of drug-likeness (QED) is 0.291. The summed E-state index contributed by atoms with van der Waals surface area (Å²) >= 11 is 6.37. The fraction of sp³-hybridized carbons (Fsp3) is 0.111. The average molecular weight is 481 g/mol. The SMILES string of the molecule is O=C(/C=C/c1cccs1)NC(=S)NNC(=O)Cn1nnc(-c2cccc(C(F)(F)F)c2)n1. The van der Waals surface area contributed by atoms with Crippen LogP contribution >= 0.6 is 23.6 Å². The van der Waals surface area contributed by atoms with Gasteiger partial charge in [-0.1, -0.05) is 18.2 Å². The third kappa shape index (κ3) is 6.68. The minimum atomic E-state index is -4.51. The van der Waals surface area contributed by atoms with Crippen molar-refractivity contribution in [2.24, 2.45) is 0 Å². The number of carbonyl (C=O) groups is 2. The lowest BCUT2D eigenvalue weighted by molar-refractivity contribution is -0.137. The zero-order chi connectivity index (χ0) is 23.1. The maximum absolute atomic E-state index is 12.8. The minimum absolute atomic E-state index is 0.0721. The summed E-state index contributed by atoms with van der Waals surface area (Å²) < 4.78 is 38.5. The third-order valence-electron chi connectivity index (χ3n) is 3.68. The van der Waals surface area contributed by atoms with E-state index in [9.17, 15) is 22.8 Å². The van der Waals surface area contributed by atoms with Gasteiger partial charge in [-0.25, -0.2) is 0 Å². The van der Waals surface area contributed by atoms with Gasteiger partial charge in [-0.05, 0) is 47.1 Å². The number of benzene rings is 1. The summed E-state index contributed by atoms with van der Waals surface area (Å²) in [5.41, 5.74) is 3.83. The van der Waals surface area contributed by atoms with Gasteiger partial charge in [0.25, 0.3) is 5.91 Å². The highest BCUT2D eigenvalue weighted by molar-refractivity contribution is 7.80. The van der Waals surface area contributed by atoms with Gasteiger partial charge in [0.1, 0.15) is 6.54 Å². The number of hydrazine groups is 1. The maximum atomic E-state index is 12.8. The molecule has 2 amide bonds. The second-order valence-electron chi connectivity index (χ2n) is 6.06. The predicted octanol–water partition coefficient (Wildman–Crippen LogP) is 2.16. The summed E-state index contributed by atoms with van der Waals surface area (Å²) in [4.78, 5) is 25.5. The van der Waals surface area contributed by atoms with E-state index in [0.29, 0.717) is 0 Å². The number of aromatic nitrogens is 4. The molecule has 166 valence electrons. The fourth-order valence-corrected chi connectivity index (χ4v) is 3.05. The third-order valence-corrected chi connectivity index (χ3v) is 4.72. The van der Waals surface area contributed by atoms with E-state index >= 15 is 0 Å². The molecule has 0 fully saturated rings. The fourth-order valence-electron chi connectivity index (χ4n) is 2.28. The Bertz CT molecular complexity index is 1140. The van der Waals surface area contributed by atoms with Crippen LogP contribution < -0.4 is 16.2 Å². The molecule has 2 aromatic heterocycles. The molecule has 0 aliphatic carbocycles. The van der Waals surface area contributed by atoms with Crippen LogP contribution in [0.3, 0.4) is 0 Å². The van der Waals surface area contributed by atoms with Crippen LogP contribution in [0.1, 0.15) is 10.4 Å². The lowest BCUT2D eigenvalue weighted by Crippen LogP contribution is -2.49. The van der Waals surface area contributed by atoms with Crippen molar-refractivity contribution in [1.29, 1.82) is 0 Å². The highest BCUT2D eigenvalue weighted by Gasteiger charge is 2.30. The van der Waals surface area contributed by atoms with Gasteiger partial charge in [-0.15, -0.1) is 21.5 Å². The van der Waals surface area contributed by atoms with Crippen LogP contribution in [0.5, 0.6) is 0 Å². The molecule has 3 aromatic rings. The number of hydrogen-bond donors (Lipinski definition) is 3. The van der Waals surface area contributed by atoms with E-state index < -0.39 is 30.1 Å². The van der Waals surface area contributed by atoms with Crippen molar-refractivity contribution in [3.05, 3.63) is 58.3 Å². The first-order valence-electron chi connectivity index (χ1n) is 8.77. The van der Waals surface area contributed by atoms with Crippen molar-refractivity contribution in [2.45, 2.75) is 12.7 Å². The van der Waals surface area contributed by atoms with Crippen LogP contribution in [0.2, 0.25) is 0 Å². The second kappa shape index (κ2) is 10.1. The Labute approximate surface area is 188 Å². The van der Waals surface area contributed by atoms with E-state index in [4.69, 9.17) is 12.2 Å². The predicted molar refractivity (Wildman–Crippen MR) is 114 cm³/mol. The summed E-state index contributed by atoms with van der Waals surface area (Å²) in [5, 5.41) is 15.3. The molecule has 14 heteroatoms. The summed E-state index contributed by atoms with van der Waals surface area (Å²) in [6, 6.07) is 8.11. The van der Waals surface area contributed by atoms with Crippen LogP contribution in [0.15, 0.2) is 47.9 Å². The maximum Gasteiger partial charge on any atom is 0.416 e. The summed E-state index contributed by atoms with van der Waals surface area (Å²) in [5.74, 6) is -1.20. The van der Waals surface area contributed by atoms with Gasteiger partial charge >= 0.3 is 6.18 Å². The van der Waals surface area contributed by atoms with Gasteiger partial charge < -0.3 is 0 Å². The van der Waals surface area contributed by atoms with Gasteiger partial charge in [0, 0.05) is 16.5 Å². The number of hydrogen-bond acceptors (Lipinski definition) is 7. The molecule has 0 aliphatic heterocycles. The number of halogens is 3. The highest BCUT2D eigenvalue weighted by Crippen LogP contribution is 2.31. The van der Waals surface area contributed by atoms with E-state index in [0.717, 1.165) is 21.8 Å². The summed E-state index contributed by atoms with van der Waals surface area (Å²) in [7, 11) is 0. The van der Waals surface area contributed by atoms with E-state index in [1.165, 1.54) is 29.5 Å². The van der Waals surface area contributed by atoms with Crippen molar-refractivity contribution in [1.82, 2.24) is 36.4 Å². The number of rotatable bonds is 5. The van der Waals surface area contributed by atoms with Crippen molar-refractivity contribution in [3.63, 3.8) is 0 Å². The summed E-state index contributed by atoms with van der Waals surface area (Å²) in [6.07, 6.45) is -1.61. The number of amides is 2. The molecule has 3 rings (SSSR count). The molecular weight excluding hydrogens is 467 g/mol. The Morgan fingerprint density at radius 2 is 2.00 bits per heavy atom. The first-order valence-corrected chi connectivity index (χ1v) is 10.1. The first-order chi connectivity index (χ1) is 15.2. The smallest absolute Gasteiger partial charge is 0.298 e. The van der Waals surface area contributed by atoms with Crippen molar-refractivity contribution in [3.8, 4) is 11.4 Å². The number of carbonyl (C=O) groups excluding carboxylic acids is 2. The lowest BCUT2D eigenvalue weighted by Gasteiger charge is -2.09. The number of thiophene rings is 1. The Balaban J connectivity index is 1.48. The zero-order valence-corrected chi connectivity index (χ0v) is 17.6. The highest BCUT2D eigenvalue weighted by atomic mass is 32.1. The molecule has 0 saturated heterocycles. The molecular formula is C18H14F3N7O2S2. The Kier molecular flexibility index (Phi) is 7.27. The largest absolute Gasteiger partial charge is 0.416 e. The van der Waals surface area contributed by atoms with Gasteiger partial charge in [0.2, 0.25) is 11.7 Å². The van der Waals surface area contributed by atoms with Crippen molar-refractivity contribution in [2.75, 3.05) is 0 Å². The Morgan fingerprint density at radius 3 is 2.72 bits per heavy atom. The molecule has 0 spiro atoms. The van der Waals surface area contributed by atoms with Crippen LogP contribution in [0, 0.1) is 0 Å². The number of tetrazole rings is 1. The van der Waals surface area contributed by atoms with E-state index in [-0.39, 0.29) is 16.5 Å². The molecule has 0 aliphatic rings. The minimum Gasteiger partial charge on any atom is -0.298 e. The van der Waals surface area contributed by atoms with E-state index in [1.54, 1.807) is 6.08 Å². The van der Waals surface area contributed by atoms with Crippen molar-refractivity contribution >= 4 is 46.6 Å². The molecule has 0 radical (unpaired) electrons. The topological polar surface area (TPSA) is 114 Å². The molecule has 0 bridgehead atoms. The molecule has 2 heterocycles. The van der Waals surface area contributed by atoms with Gasteiger partial charge in [0.15, 0.2) is 5.11 Å². The van der Waals surface area contributed by atoms with Crippen LogP contribution in [-0.2, 0) is 22.3 Å². The number of alkyl halides is 3. The van der Waals surface area contributed by atoms with E-state index in [1.807, 2.05) is 17.5 Å². The Morgan fingerprint density at radius 1 is 1.19 bits per heavy atom. The number of nitrogens with one attached hydrogen (secondary N) is 3. The van der Waals surface area contributed by atoms with Gasteiger partial charge in [0.05, 0.1) is 5.56 Å². The van der Waals surface area contributed by atoms with Crippen molar-refractivity contribution < 1.29 is 22.8 Å². The molecule has 9 nitrogen and oxygen atoms in total. The van der Waals surface area contributed by atoms with E-state index in [2.05, 4.69) is 31.6 Å². The van der Waals surface area contributed by atoms with Gasteiger partial charge in [-0.3, -0.25) is 25.8 Å². The monoisotopic (exact) mass is 481 g/mol. The molecule has 0 saturated carbocycles. The normalized spacial score (nSPS) is 11.3. The number of nitrogens with zero attached hydrogens (tertiary/aromatic N) is 4. The molecule has 32 heavy (non-hydrogen) atoms. The lowest BCUT2D eigenvalue weighted by atomic mass is 10.1. The molecule has 1 aromatic carbocycles. The molecule has 0 unspecified atom stereocenters. The first kappa shape index (κ1) is 23.0. The van der Waals surface area contributed by atoms with Crippen LogP contribution in [-0.4, -0.2) is 37.1 Å².